The third-order valence-corrected chi connectivity index (χ3v) is 4.84. The highest BCUT2D eigenvalue weighted by atomic mass is 16.5. The number of anilines is 1. The zero-order valence-electron chi connectivity index (χ0n) is 15.4. The number of aromatic nitrogens is 4. The van der Waals surface area contributed by atoms with Gasteiger partial charge in [0.25, 0.3) is 5.91 Å². The van der Waals surface area contributed by atoms with Gasteiger partial charge in [-0.3, -0.25) is 9.48 Å². The monoisotopic (exact) mass is 366 g/mol. The molecule has 140 valence electrons. The van der Waals surface area contributed by atoms with Crippen molar-refractivity contribution in [3.05, 3.63) is 59.4 Å². The zero-order valence-corrected chi connectivity index (χ0v) is 15.4. The van der Waals surface area contributed by atoms with E-state index in [-0.39, 0.29) is 11.8 Å². The van der Waals surface area contributed by atoms with E-state index >= 15 is 0 Å². The molecule has 1 amide bonds. The van der Waals surface area contributed by atoms with Crippen LogP contribution in [0.1, 0.15) is 27.5 Å². The average molecular weight is 366 g/mol. The summed E-state index contributed by atoms with van der Waals surface area (Å²) >= 11 is 0. The van der Waals surface area contributed by atoms with Crippen molar-refractivity contribution in [2.24, 2.45) is 5.92 Å². The van der Waals surface area contributed by atoms with E-state index in [0.717, 1.165) is 18.1 Å². The van der Waals surface area contributed by atoms with Crippen molar-refractivity contribution in [2.45, 2.75) is 26.9 Å². The Morgan fingerprint density at radius 3 is 2.89 bits per heavy atom. The molecule has 0 spiro atoms. The summed E-state index contributed by atoms with van der Waals surface area (Å²) in [6.45, 7) is 6.14. The first-order valence-corrected chi connectivity index (χ1v) is 8.99. The summed E-state index contributed by atoms with van der Waals surface area (Å²) in [5, 5.41) is 11.7. The molecule has 0 fully saturated rings. The lowest BCUT2D eigenvalue weighted by atomic mass is 10.1. The second-order valence-corrected chi connectivity index (χ2v) is 6.85. The van der Waals surface area contributed by atoms with E-state index in [9.17, 15) is 4.79 Å². The fourth-order valence-corrected chi connectivity index (χ4v) is 3.48. The van der Waals surface area contributed by atoms with Crippen LogP contribution >= 0.6 is 0 Å². The van der Waals surface area contributed by atoms with Crippen LogP contribution in [0.2, 0.25) is 0 Å². The van der Waals surface area contributed by atoms with Crippen molar-refractivity contribution < 1.29 is 9.32 Å². The number of rotatable bonds is 4. The summed E-state index contributed by atoms with van der Waals surface area (Å²) in [5.41, 5.74) is 2.20. The molecule has 4 rings (SSSR count). The van der Waals surface area contributed by atoms with Crippen LogP contribution in [0.25, 0.3) is 0 Å². The number of hydrogen-bond donors (Lipinski definition) is 1. The molecule has 3 aromatic rings. The van der Waals surface area contributed by atoms with Crippen LogP contribution in [0, 0.1) is 19.8 Å². The number of amides is 1. The maximum atomic E-state index is 13.2. The van der Waals surface area contributed by atoms with E-state index in [1.165, 1.54) is 0 Å². The molecule has 4 heterocycles. The van der Waals surface area contributed by atoms with Gasteiger partial charge in [0.15, 0.2) is 0 Å². The fraction of sp³-hybridized carbons (Fsp3) is 0.368. The minimum atomic E-state index is -0.0521. The molecule has 0 aromatic carbocycles. The van der Waals surface area contributed by atoms with Gasteiger partial charge in [-0.1, -0.05) is 11.2 Å². The van der Waals surface area contributed by atoms with Crippen molar-refractivity contribution in [1.29, 1.82) is 0 Å². The van der Waals surface area contributed by atoms with Crippen LogP contribution in [0.3, 0.4) is 0 Å². The van der Waals surface area contributed by atoms with Crippen LogP contribution in [0.15, 0.2) is 41.2 Å². The van der Waals surface area contributed by atoms with E-state index in [4.69, 9.17) is 4.52 Å². The topological polar surface area (TPSA) is 89.1 Å². The van der Waals surface area contributed by atoms with Gasteiger partial charge < -0.3 is 14.7 Å². The average Bonchev–Trinajstić information content (AvgIpc) is 3.20. The van der Waals surface area contributed by atoms with Gasteiger partial charge in [0.1, 0.15) is 17.1 Å². The van der Waals surface area contributed by atoms with E-state index < -0.39 is 0 Å². The number of hydrogen-bond acceptors (Lipinski definition) is 6. The first-order valence-electron chi connectivity index (χ1n) is 8.99. The van der Waals surface area contributed by atoms with Crippen molar-refractivity contribution >= 4 is 11.7 Å². The highest BCUT2D eigenvalue weighted by Gasteiger charge is 2.29. The fourth-order valence-electron chi connectivity index (χ4n) is 3.48. The van der Waals surface area contributed by atoms with Gasteiger partial charge in [0.05, 0.1) is 17.9 Å². The Hall–Kier alpha value is -3.16. The highest BCUT2D eigenvalue weighted by Crippen LogP contribution is 2.21. The summed E-state index contributed by atoms with van der Waals surface area (Å²) in [5.74, 6) is 1.52. The summed E-state index contributed by atoms with van der Waals surface area (Å²) in [6, 6.07) is 7.73. The summed E-state index contributed by atoms with van der Waals surface area (Å²) < 4.78 is 7.17. The van der Waals surface area contributed by atoms with E-state index in [1.54, 1.807) is 26.2 Å². The number of nitrogens with zero attached hydrogens (tertiary/aromatic N) is 5. The molecule has 8 nitrogen and oxygen atoms in total. The second kappa shape index (κ2) is 7.22. The first kappa shape index (κ1) is 17.3. The van der Waals surface area contributed by atoms with E-state index in [1.807, 2.05) is 33.8 Å². The minimum Gasteiger partial charge on any atom is -0.370 e. The molecule has 1 N–H and O–H groups in total. The third-order valence-electron chi connectivity index (χ3n) is 4.84. The van der Waals surface area contributed by atoms with E-state index in [2.05, 4.69) is 20.6 Å². The van der Waals surface area contributed by atoms with Crippen LogP contribution in [-0.4, -0.2) is 43.8 Å². The van der Waals surface area contributed by atoms with Gasteiger partial charge in [-0.2, -0.15) is 5.10 Å². The number of aryl methyl sites for hydroxylation is 2. The number of carbonyl (C=O) groups excluding carboxylic acids is 1. The Kier molecular flexibility index (Phi) is 4.62. The highest BCUT2D eigenvalue weighted by molar-refractivity contribution is 5.96. The van der Waals surface area contributed by atoms with Gasteiger partial charge in [0.2, 0.25) is 0 Å². The Bertz CT molecular complexity index is 913. The molecule has 8 heteroatoms. The van der Waals surface area contributed by atoms with Gasteiger partial charge >= 0.3 is 0 Å². The minimum absolute atomic E-state index is 0.0521. The number of nitrogens with one attached hydrogen (secondary N) is 1. The normalized spacial score (nSPS) is 16.7. The lowest BCUT2D eigenvalue weighted by molar-refractivity contribution is 0.0722. The molecule has 0 saturated carbocycles. The van der Waals surface area contributed by atoms with Crippen LogP contribution in [-0.2, 0) is 13.1 Å². The quantitative estimate of drug-likeness (QED) is 0.762. The predicted octanol–water partition coefficient (Wildman–Crippen LogP) is 2.27. The standard InChI is InChI=1S/C19H22N6O2/c1-13-18(14(2)27-23-13)19(26)24-10-15(9-21-17-5-3-4-7-20-17)11-25-16(12-24)6-8-22-25/h3-8,15H,9-12H2,1-2H3,(H,20,21)/t15-/m1/s1. The number of carbonyl (C=O) groups is 1. The van der Waals surface area contributed by atoms with Crippen molar-refractivity contribution in [3.8, 4) is 0 Å². The van der Waals surface area contributed by atoms with Crippen molar-refractivity contribution in [3.63, 3.8) is 0 Å². The molecule has 0 radical (unpaired) electrons. The molecular formula is C19H22N6O2. The first-order chi connectivity index (χ1) is 13.1. The Morgan fingerprint density at radius 1 is 1.26 bits per heavy atom. The van der Waals surface area contributed by atoms with Crippen molar-refractivity contribution in [2.75, 3.05) is 18.4 Å². The zero-order chi connectivity index (χ0) is 18.8. The SMILES string of the molecule is Cc1noc(C)c1C(=O)N1Cc2ccnn2C[C@H](CNc2ccccn2)C1. The van der Waals surface area contributed by atoms with Crippen LogP contribution in [0.5, 0.6) is 0 Å². The Labute approximate surface area is 157 Å². The molecule has 1 aliphatic rings. The Balaban J connectivity index is 1.56. The number of fused-ring (bicyclic) bond motifs is 1. The van der Waals surface area contributed by atoms with Gasteiger partial charge in [-0.05, 0) is 32.0 Å². The predicted molar refractivity (Wildman–Crippen MR) is 99.2 cm³/mol. The molecule has 0 unspecified atom stereocenters. The van der Waals surface area contributed by atoms with Gasteiger partial charge in [-0.25, -0.2) is 4.98 Å². The van der Waals surface area contributed by atoms with E-state index in [0.29, 0.717) is 36.7 Å². The molecule has 0 saturated heterocycles. The summed E-state index contributed by atoms with van der Waals surface area (Å²) in [7, 11) is 0. The molecule has 1 atom stereocenters. The molecule has 27 heavy (non-hydrogen) atoms. The Morgan fingerprint density at radius 2 is 2.15 bits per heavy atom. The molecular weight excluding hydrogens is 344 g/mol. The maximum absolute atomic E-state index is 13.2. The van der Waals surface area contributed by atoms with Crippen molar-refractivity contribution in [1.82, 2.24) is 24.8 Å². The lowest BCUT2D eigenvalue weighted by Crippen LogP contribution is -2.36. The lowest BCUT2D eigenvalue weighted by Gasteiger charge is -2.24. The van der Waals surface area contributed by atoms with Gasteiger partial charge in [0, 0.05) is 37.9 Å². The third kappa shape index (κ3) is 3.55. The molecule has 0 aliphatic carbocycles. The van der Waals surface area contributed by atoms with Crippen LogP contribution in [0.4, 0.5) is 5.82 Å². The maximum Gasteiger partial charge on any atom is 0.259 e. The summed E-state index contributed by atoms with van der Waals surface area (Å²) in [6.07, 6.45) is 3.54. The van der Waals surface area contributed by atoms with Gasteiger partial charge in [-0.15, -0.1) is 0 Å². The summed E-state index contributed by atoms with van der Waals surface area (Å²) in [4.78, 5) is 19.3. The molecule has 0 bridgehead atoms. The molecule has 1 aliphatic heterocycles. The number of pyridine rings is 1. The molecule has 3 aromatic heterocycles. The largest absolute Gasteiger partial charge is 0.370 e. The second-order valence-electron chi connectivity index (χ2n) is 6.85. The van der Waals surface area contributed by atoms with Crippen LogP contribution < -0.4 is 5.32 Å². The smallest absolute Gasteiger partial charge is 0.259 e.